The van der Waals surface area contributed by atoms with Crippen LogP contribution in [0.5, 0.6) is 23.0 Å². The van der Waals surface area contributed by atoms with E-state index in [2.05, 4.69) is 4.99 Å². The second-order valence-electron chi connectivity index (χ2n) is 7.40. The molecule has 1 aliphatic rings. The number of nitrogens with zero attached hydrogens (tertiary/aromatic N) is 1. The molecule has 0 radical (unpaired) electrons. The molecule has 3 aromatic rings. The van der Waals surface area contributed by atoms with Gasteiger partial charge in [0.25, 0.3) is 0 Å². The zero-order valence-electron chi connectivity index (χ0n) is 19.4. The van der Waals surface area contributed by atoms with Crippen LogP contribution in [0.4, 0.5) is 0 Å². The summed E-state index contributed by atoms with van der Waals surface area (Å²) in [5.74, 6) is 1.22. The summed E-state index contributed by atoms with van der Waals surface area (Å²) in [5.41, 5.74) is 1.95. The number of carbonyl (C=O) groups is 2. The molecule has 0 spiro atoms. The van der Waals surface area contributed by atoms with Crippen molar-refractivity contribution in [3.05, 3.63) is 89.1 Å². The average molecular weight is 473 g/mol. The van der Waals surface area contributed by atoms with Gasteiger partial charge < -0.3 is 23.7 Å². The summed E-state index contributed by atoms with van der Waals surface area (Å²) < 4.78 is 27.0. The molecule has 0 saturated carbocycles. The van der Waals surface area contributed by atoms with E-state index in [1.54, 1.807) is 66.7 Å². The van der Waals surface area contributed by atoms with Gasteiger partial charge in [0.15, 0.2) is 29.6 Å². The highest BCUT2D eigenvalue weighted by Gasteiger charge is 2.26. The molecule has 1 heterocycles. The standard InChI is InChI=1S/C27H23NO7/c1-31-23-14-19(15-24(32-2)25(23)33-3)26-28-21(27(30)35-26)13-17-9-11-20(12-10-17)34-16-22(29)18-7-5-4-6-8-18/h4-15H,16H2,1-3H3/b21-13-. The number of methoxy groups -OCH3 is 3. The van der Waals surface area contributed by atoms with E-state index in [-0.39, 0.29) is 24.0 Å². The van der Waals surface area contributed by atoms with Gasteiger partial charge in [0.05, 0.1) is 21.3 Å². The molecule has 8 nitrogen and oxygen atoms in total. The fraction of sp³-hybridized carbons (Fsp3) is 0.148. The molecule has 35 heavy (non-hydrogen) atoms. The summed E-state index contributed by atoms with van der Waals surface area (Å²) in [5, 5.41) is 0. The van der Waals surface area contributed by atoms with Crippen molar-refractivity contribution in [1.82, 2.24) is 0 Å². The van der Waals surface area contributed by atoms with Gasteiger partial charge in [-0.3, -0.25) is 4.79 Å². The van der Waals surface area contributed by atoms with Gasteiger partial charge in [0.1, 0.15) is 5.75 Å². The largest absolute Gasteiger partial charge is 0.493 e. The molecule has 1 aliphatic heterocycles. The number of carbonyl (C=O) groups excluding carboxylic acids is 2. The minimum Gasteiger partial charge on any atom is -0.493 e. The number of hydrogen-bond donors (Lipinski definition) is 0. The van der Waals surface area contributed by atoms with E-state index < -0.39 is 5.97 Å². The highest BCUT2D eigenvalue weighted by atomic mass is 16.6. The maximum absolute atomic E-state index is 12.4. The van der Waals surface area contributed by atoms with Gasteiger partial charge in [-0.25, -0.2) is 9.79 Å². The van der Waals surface area contributed by atoms with Crippen LogP contribution in [0.2, 0.25) is 0 Å². The van der Waals surface area contributed by atoms with Crippen molar-refractivity contribution < 1.29 is 33.3 Å². The first-order valence-electron chi connectivity index (χ1n) is 10.7. The Kier molecular flexibility index (Phi) is 7.11. The van der Waals surface area contributed by atoms with Gasteiger partial charge in [-0.2, -0.15) is 0 Å². The van der Waals surface area contributed by atoms with E-state index >= 15 is 0 Å². The summed E-state index contributed by atoms with van der Waals surface area (Å²) in [6.07, 6.45) is 1.60. The van der Waals surface area contributed by atoms with Gasteiger partial charge in [-0.15, -0.1) is 0 Å². The van der Waals surface area contributed by atoms with Crippen molar-refractivity contribution in [3.8, 4) is 23.0 Å². The van der Waals surface area contributed by atoms with Crippen LogP contribution in [-0.2, 0) is 9.53 Å². The molecule has 4 rings (SSSR count). The molecule has 0 aliphatic carbocycles. The minimum atomic E-state index is -0.581. The summed E-state index contributed by atoms with van der Waals surface area (Å²) in [6.45, 7) is -0.0702. The molecular weight excluding hydrogens is 450 g/mol. The SMILES string of the molecule is COc1cc(C2=N/C(=C\c3ccc(OCC(=O)c4ccccc4)cc3)C(=O)O2)cc(OC)c1OC. The number of cyclic esters (lactones) is 1. The number of aliphatic imine (C=N–C) groups is 1. The number of benzene rings is 3. The Morgan fingerprint density at radius 1 is 0.914 bits per heavy atom. The van der Waals surface area contributed by atoms with Gasteiger partial charge in [0, 0.05) is 11.1 Å². The number of ketones is 1. The monoisotopic (exact) mass is 473 g/mol. The molecule has 8 heteroatoms. The lowest BCUT2D eigenvalue weighted by molar-refractivity contribution is -0.129. The second-order valence-corrected chi connectivity index (χ2v) is 7.40. The third-order valence-corrected chi connectivity index (χ3v) is 5.18. The zero-order valence-corrected chi connectivity index (χ0v) is 19.4. The van der Waals surface area contributed by atoms with E-state index in [9.17, 15) is 9.59 Å². The molecule has 0 unspecified atom stereocenters. The lowest BCUT2D eigenvalue weighted by Crippen LogP contribution is -2.11. The molecule has 0 fully saturated rings. The van der Waals surface area contributed by atoms with E-state index in [0.29, 0.717) is 39.7 Å². The predicted octanol–water partition coefficient (Wildman–Crippen LogP) is 4.32. The quantitative estimate of drug-likeness (QED) is 0.260. The number of esters is 1. The summed E-state index contributed by atoms with van der Waals surface area (Å²) in [4.78, 5) is 28.9. The number of ether oxygens (including phenoxy) is 5. The molecule has 0 aromatic heterocycles. The molecular formula is C27H23NO7. The predicted molar refractivity (Wildman–Crippen MR) is 129 cm³/mol. The van der Waals surface area contributed by atoms with Crippen LogP contribution in [0.3, 0.4) is 0 Å². The Morgan fingerprint density at radius 3 is 2.17 bits per heavy atom. The van der Waals surface area contributed by atoms with Crippen LogP contribution in [0.15, 0.2) is 77.4 Å². The molecule has 0 atom stereocenters. The number of rotatable bonds is 9. The van der Waals surface area contributed by atoms with Crippen LogP contribution < -0.4 is 18.9 Å². The smallest absolute Gasteiger partial charge is 0.363 e. The van der Waals surface area contributed by atoms with Crippen molar-refractivity contribution in [2.75, 3.05) is 27.9 Å². The zero-order chi connectivity index (χ0) is 24.8. The van der Waals surface area contributed by atoms with Crippen molar-refractivity contribution in [2.45, 2.75) is 0 Å². The Balaban J connectivity index is 1.49. The Morgan fingerprint density at radius 2 is 1.57 bits per heavy atom. The molecule has 0 amide bonds. The van der Waals surface area contributed by atoms with Gasteiger partial charge in [-0.1, -0.05) is 42.5 Å². The van der Waals surface area contributed by atoms with E-state index in [4.69, 9.17) is 23.7 Å². The lowest BCUT2D eigenvalue weighted by Gasteiger charge is -2.13. The Labute approximate surface area is 202 Å². The first kappa shape index (κ1) is 23.6. The maximum Gasteiger partial charge on any atom is 0.363 e. The van der Waals surface area contributed by atoms with Gasteiger partial charge in [-0.05, 0) is 35.9 Å². The highest BCUT2D eigenvalue weighted by molar-refractivity contribution is 6.13. The Bertz CT molecular complexity index is 1270. The first-order valence-corrected chi connectivity index (χ1v) is 10.7. The maximum atomic E-state index is 12.4. The second kappa shape index (κ2) is 10.6. The van der Waals surface area contributed by atoms with E-state index in [0.717, 1.165) is 0 Å². The highest BCUT2D eigenvalue weighted by Crippen LogP contribution is 2.39. The summed E-state index contributed by atoms with van der Waals surface area (Å²) in [7, 11) is 4.51. The minimum absolute atomic E-state index is 0.0702. The molecule has 0 N–H and O–H groups in total. The lowest BCUT2D eigenvalue weighted by atomic mass is 10.1. The molecule has 0 saturated heterocycles. The topological polar surface area (TPSA) is 92.7 Å². The van der Waals surface area contributed by atoms with E-state index in [1.807, 2.05) is 6.07 Å². The van der Waals surface area contributed by atoms with Crippen LogP contribution >= 0.6 is 0 Å². The van der Waals surface area contributed by atoms with Gasteiger partial charge >= 0.3 is 5.97 Å². The van der Waals surface area contributed by atoms with Crippen LogP contribution in [0.1, 0.15) is 21.5 Å². The third-order valence-electron chi connectivity index (χ3n) is 5.18. The fourth-order valence-electron chi connectivity index (χ4n) is 3.41. The summed E-state index contributed by atoms with van der Waals surface area (Å²) in [6, 6.07) is 19.2. The van der Waals surface area contributed by atoms with E-state index in [1.165, 1.54) is 21.3 Å². The average Bonchev–Trinajstić information content (AvgIpc) is 3.27. The van der Waals surface area contributed by atoms with Crippen LogP contribution in [0.25, 0.3) is 6.08 Å². The van der Waals surface area contributed by atoms with Gasteiger partial charge in [0.2, 0.25) is 11.6 Å². The van der Waals surface area contributed by atoms with Crippen LogP contribution in [0, 0.1) is 0 Å². The normalized spacial score (nSPS) is 13.7. The van der Waals surface area contributed by atoms with Crippen molar-refractivity contribution in [3.63, 3.8) is 0 Å². The van der Waals surface area contributed by atoms with Crippen molar-refractivity contribution in [2.24, 2.45) is 4.99 Å². The summed E-state index contributed by atoms with van der Waals surface area (Å²) >= 11 is 0. The molecule has 3 aromatic carbocycles. The van der Waals surface area contributed by atoms with Crippen molar-refractivity contribution in [1.29, 1.82) is 0 Å². The fourth-order valence-corrected chi connectivity index (χ4v) is 3.41. The first-order chi connectivity index (χ1) is 17.0. The number of Topliss-reactive ketones (excluding diaryl/α,β-unsaturated/α-hetero) is 1. The number of hydrogen-bond acceptors (Lipinski definition) is 8. The molecule has 0 bridgehead atoms. The third kappa shape index (κ3) is 5.33. The Hall–Kier alpha value is -4.59. The molecule has 178 valence electrons. The van der Waals surface area contributed by atoms with Crippen molar-refractivity contribution >= 4 is 23.7 Å². The van der Waals surface area contributed by atoms with Crippen LogP contribution in [-0.4, -0.2) is 45.6 Å².